The lowest BCUT2D eigenvalue weighted by Crippen LogP contribution is -2.42. The van der Waals surface area contributed by atoms with Crippen molar-refractivity contribution in [2.45, 2.75) is 50.2 Å². The lowest BCUT2D eigenvalue weighted by molar-refractivity contribution is -0.384. The number of nitrogens with one attached hydrogen (secondary N) is 1. The van der Waals surface area contributed by atoms with Crippen molar-refractivity contribution in [1.29, 1.82) is 0 Å². The maximum Gasteiger partial charge on any atom is 0.407 e. The summed E-state index contributed by atoms with van der Waals surface area (Å²) < 4.78 is 38.9. The van der Waals surface area contributed by atoms with Crippen LogP contribution in [0, 0.1) is 16.0 Å². The van der Waals surface area contributed by atoms with Crippen LogP contribution in [0.15, 0.2) is 59.5 Å². The summed E-state index contributed by atoms with van der Waals surface area (Å²) in [6.45, 7) is 5.17. The van der Waals surface area contributed by atoms with Gasteiger partial charge in [-0.1, -0.05) is 44.2 Å². The fourth-order valence-electron chi connectivity index (χ4n) is 3.99. The number of hydrogen-bond donors (Lipinski definition) is 1. The molecule has 1 fully saturated rings. The van der Waals surface area contributed by atoms with E-state index in [1.807, 2.05) is 44.2 Å². The number of nitrogens with zero attached hydrogens (tertiary/aromatic N) is 2. The molecule has 1 amide bonds. The number of non-ortho nitro benzene ring substituents is 1. The molecule has 1 N–H and O–H groups in total. The quantitative estimate of drug-likeness (QED) is 0.334. The van der Waals surface area contributed by atoms with Crippen LogP contribution < -0.4 is 5.32 Å². The molecule has 1 saturated heterocycles. The minimum atomic E-state index is -3.90. The number of sulfonamides is 1. The van der Waals surface area contributed by atoms with Gasteiger partial charge in [0.2, 0.25) is 10.0 Å². The SMILES string of the molecule is CC(C)CN(CC[C@H](Cc1ccccc1)NC(=O)OC1CCOC1)S(=O)(=O)c1ccc([N+](=O)[O-])cc1. The van der Waals surface area contributed by atoms with Crippen LogP contribution in [0.25, 0.3) is 0 Å². The highest BCUT2D eigenvalue weighted by Crippen LogP contribution is 2.21. The molecule has 0 saturated carbocycles. The van der Waals surface area contributed by atoms with Gasteiger partial charge in [0.05, 0.1) is 23.0 Å². The van der Waals surface area contributed by atoms with Crippen LogP contribution in [-0.4, -0.2) is 62.2 Å². The molecule has 2 aromatic rings. The van der Waals surface area contributed by atoms with E-state index in [9.17, 15) is 23.3 Å². The Morgan fingerprint density at radius 2 is 1.89 bits per heavy atom. The topological polar surface area (TPSA) is 128 Å². The van der Waals surface area contributed by atoms with Crippen LogP contribution in [-0.2, 0) is 25.9 Å². The number of benzene rings is 2. The Labute approximate surface area is 211 Å². The molecule has 1 unspecified atom stereocenters. The number of carbonyl (C=O) groups excluding carboxylic acids is 1. The third kappa shape index (κ3) is 8.00. The molecule has 196 valence electrons. The third-order valence-corrected chi connectivity index (χ3v) is 7.67. The minimum absolute atomic E-state index is 0.0121. The molecule has 2 aromatic carbocycles. The zero-order chi connectivity index (χ0) is 26.1. The molecule has 1 aliphatic heterocycles. The number of carbonyl (C=O) groups is 1. The molecule has 1 heterocycles. The number of amides is 1. The number of nitro benzene ring substituents is 1. The average Bonchev–Trinajstić information content (AvgIpc) is 3.34. The van der Waals surface area contributed by atoms with E-state index in [2.05, 4.69) is 5.32 Å². The van der Waals surface area contributed by atoms with Crippen molar-refractivity contribution in [2.75, 3.05) is 26.3 Å². The number of ether oxygens (including phenoxy) is 2. The van der Waals surface area contributed by atoms with Crippen LogP contribution in [0.1, 0.15) is 32.3 Å². The average molecular weight is 520 g/mol. The standard InChI is InChI=1S/C25H33N3O7S/c1-19(2)17-27(36(32,33)24-10-8-22(9-11-24)28(30)31)14-12-21(16-20-6-4-3-5-7-20)26-25(29)35-23-13-15-34-18-23/h3-11,19,21,23H,12-18H2,1-2H3,(H,26,29)/t21-,23?/m1/s1. The lowest BCUT2D eigenvalue weighted by atomic mass is 10.0. The van der Waals surface area contributed by atoms with Crippen molar-refractivity contribution in [2.24, 2.45) is 5.92 Å². The van der Waals surface area contributed by atoms with Gasteiger partial charge in [0.15, 0.2) is 0 Å². The molecule has 11 heteroatoms. The van der Waals surface area contributed by atoms with Gasteiger partial charge in [0, 0.05) is 37.7 Å². The molecule has 36 heavy (non-hydrogen) atoms. The molecule has 0 aliphatic carbocycles. The van der Waals surface area contributed by atoms with Crippen LogP contribution >= 0.6 is 0 Å². The molecule has 10 nitrogen and oxygen atoms in total. The van der Waals surface area contributed by atoms with Crippen LogP contribution in [0.5, 0.6) is 0 Å². The Balaban J connectivity index is 1.75. The second kappa shape index (κ2) is 12.8. The number of hydrogen-bond acceptors (Lipinski definition) is 7. The van der Waals surface area contributed by atoms with Gasteiger partial charge < -0.3 is 14.8 Å². The molecule has 2 atom stereocenters. The maximum absolute atomic E-state index is 13.4. The summed E-state index contributed by atoms with van der Waals surface area (Å²) >= 11 is 0. The Morgan fingerprint density at radius 3 is 2.47 bits per heavy atom. The first-order chi connectivity index (χ1) is 17.1. The predicted octanol–water partition coefficient (Wildman–Crippen LogP) is 3.76. The first-order valence-electron chi connectivity index (χ1n) is 12.0. The highest BCUT2D eigenvalue weighted by molar-refractivity contribution is 7.89. The van der Waals surface area contributed by atoms with E-state index in [1.165, 1.54) is 28.6 Å². The molecule has 0 aromatic heterocycles. The molecule has 0 radical (unpaired) electrons. The minimum Gasteiger partial charge on any atom is -0.444 e. The predicted molar refractivity (Wildman–Crippen MR) is 134 cm³/mol. The van der Waals surface area contributed by atoms with E-state index in [0.29, 0.717) is 32.5 Å². The molecule has 1 aliphatic rings. The Kier molecular flexibility index (Phi) is 9.80. The summed E-state index contributed by atoms with van der Waals surface area (Å²) in [4.78, 5) is 22.9. The van der Waals surface area contributed by atoms with Crippen molar-refractivity contribution in [1.82, 2.24) is 9.62 Å². The Bertz CT molecular complexity index is 1100. The normalized spacial score (nSPS) is 16.7. The summed E-state index contributed by atoms with van der Waals surface area (Å²) in [6, 6.07) is 14.1. The molecular formula is C25H33N3O7S. The number of nitro groups is 1. The summed E-state index contributed by atoms with van der Waals surface area (Å²) in [7, 11) is -3.90. The fraction of sp³-hybridized carbons (Fsp3) is 0.480. The summed E-state index contributed by atoms with van der Waals surface area (Å²) in [5.74, 6) is 0.0469. The van der Waals surface area contributed by atoms with E-state index in [0.717, 1.165) is 5.56 Å². The van der Waals surface area contributed by atoms with Crippen LogP contribution in [0.4, 0.5) is 10.5 Å². The van der Waals surface area contributed by atoms with Crippen molar-refractivity contribution >= 4 is 21.8 Å². The smallest absolute Gasteiger partial charge is 0.407 e. The summed E-state index contributed by atoms with van der Waals surface area (Å²) in [5.41, 5.74) is 0.822. The van der Waals surface area contributed by atoms with Gasteiger partial charge in [-0.3, -0.25) is 10.1 Å². The summed E-state index contributed by atoms with van der Waals surface area (Å²) in [5, 5.41) is 13.9. The van der Waals surface area contributed by atoms with E-state index < -0.39 is 21.0 Å². The van der Waals surface area contributed by atoms with E-state index in [4.69, 9.17) is 9.47 Å². The maximum atomic E-state index is 13.4. The number of alkyl carbamates (subject to hydrolysis) is 1. The van der Waals surface area contributed by atoms with Crippen molar-refractivity contribution in [3.05, 3.63) is 70.3 Å². The van der Waals surface area contributed by atoms with Gasteiger partial charge in [0.25, 0.3) is 5.69 Å². The van der Waals surface area contributed by atoms with Gasteiger partial charge >= 0.3 is 6.09 Å². The van der Waals surface area contributed by atoms with Crippen molar-refractivity contribution < 1.29 is 27.6 Å². The molecule has 0 spiro atoms. The lowest BCUT2D eigenvalue weighted by Gasteiger charge is -2.27. The van der Waals surface area contributed by atoms with E-state index >= 15 is 0 Å². The molecule has 3 rings (SSSR count). The van der Waals surface area contributed by atoms with Gasteiger partial charge in [-0.25, -0.2) is 13.2 Å². The second-order valence-corrected chi connectivity index (χ2v) is 11.2. The van der Waals surface area contributed by atoms with Crippen LogP contribution in [0.3, 0.4) is 0 Å². The van der Waals surface area contributed by atoms with Gasteiger partial charge in [0.1, 0.15) is 6.10 Å². The fourth-order valence-corrected chi connectivity index (χ4v) is 5.61. The highest BCUT2D eigenvalue weighted by atomic mass is 32.2. The molecule has 0 bridgehead atoms. The van der Waals surface area contributed by atoms with E-state index in [1.54, 1.807) is 0 Å². The van der Waals surface area contributed by atoms with Crippen molar-refractivity contribution in [3.8, 4) is 0 Å². The van der Waals surface area contributed by atoms with Crippen LogP contribution in [0.2, 0.25) is 0 Å². The third-order valence-electron chi connectivity index (χ3n) is 5.79. The first-order valence-corrected chi connectivity index (χ1v) is 13.4. The largest absolute Gasteiger partial charge is 0.444 e. The zero-order valence-corrected chi connectivity index (χ0v) is 21.4. The van der Waals surface area contributed by atoms with E-state index in [-0.39, 0.29) is 41.7 Å². The first kappa shape index (κ1) is 27.6. The van der Waals surface area contributed by atoms with Crippen molar-refractivity contribution in [3.63, 3.8) is 0 Å². The Hall–Kier alpha value is -3.02. The van der Waals surface area contributed by atoms with Gasteiger partial charge in [-0.15, -0.1) is 0 Å². The van der Waals surface area contributed by atoms with Gasteiger partial charge in [-0.2, -0.15) is 4.31 Å². The van der Waals surface area contributed by atoms with Gasteiger partial charge in [-0.05, 0) is 36.5 Å². The molecular weight excluding hydrogens is 486 g/mol. The zero-order valence-electron chi connectivity index (χ0n) is 20.5. The summed E-state index contributed by atoms with van der Waals surface area (Å²) in [6.07, 6.45) is 0.656. The monoisotopic (exact) mass is 519 g/mol. The second-order valence-electron chi connectivity index (χ2n) is 9.22. The number of rotatable bonds is 12. The highest BCUT2D eigenvalue weighted by Gasteiger charge is 2.28. The Morgan fingerprint density at radius 1 is 1.19 bits per heavy atom.